The van der Waals surface area contributed by atoms with Crippen LogP contribution in [0.1, 0.15) is 62.6 Å². The van der Waals surface area contributed by atoms with Crippen LogP contribution in [0.25, 0.3) is 11.1 Å². The minimum Gasteiger partial charge on any atom is -0.382 e. The quantitative estimate of drug-likeness (QED) is 0.696. The number of rotatable bonds is 4. The summed E-state index contributed by atoms with van der Waals surface area (Å²) in [5.74, 6) is 7.14. The van der Waals surface area contributed by atoms with E-state index in [4.69, 9.17) is 20.5 Å². The number of methoxy groups -OCH3 is 1. The van der Waals surface area contributed by atoms with Crippen molar-refractivity contribution in [1.82, 2.24) is 4.98 Å². The summed E-state index contributed by atoms with van der Waals surface area (Å²) < 4.78 is 5.61. The van der Waals surface area contributed by atoms with Crippen LogP contribution in [0.2, 0.25) is 0 Å². The van der Waals surface area contributed by atoms with E-state index in [-0.39, 0.29) is 0 Å². The van der Waals surface area contributed by atoms with Crippen LogP contribution in [-0.4, -0.2) is 29.7 Å². The molecule has 1 aliphatic carbocycles. The lowest BCUT2D eigenvalue weighted by Gasteiger charge is -2.38. The second kappa shape index (κ2) is 9.26. The van der Waals surface area contributed by atoms with Gasteiger partial charge < -0.3 is 10.5 Å². The monoisotopic (exact) mass is 428 g/mol. The number of ether oxygens (including phenoxy) is 1. The first kappa shape index (κ1) is 22.2. The van der Waals surface area contributed by atoms with Crippen molar-refractivity contribution in [2.24, 2.45) is 21.6 Å². The Bertz CT molecular complexity index is 1100. The molecule has 2 aliphatic rings. The van der Waals surface area contributed by atoms with Gasteiger partial charge in [-0.15, -0.1) is 0 Å². The maximum Gasteiger partial charge on any atom is 0.181 e. The largest absolute Gasteiger partial charge is 0.382 e. The van der Waals surface area contributed by atoms with Crippen molar-refractivity contribution in [2.75, 3.05) is 7.11 Å². The number of aryl methyl sites for hydroxylation is 1. The molecule has 1 aliphatic heterocycles. The summed E-state index contributed by atoms with van der Waals surface area (Å²) >= 11 is 0. The van der Waals surface area contributed by atoms with Gasteiger partial charge in [0.15, 0.2) is 5.66 Å². The molecule has 1 fully saturated rings. The summed E-state index contributed by atoms with van der Waals surface area (Å²) in [6, 6.07) is 8.62. The molecule has 1 unspecified atom stereocenters. The molecule has 2 heterocycles. The lowest BCUT2D eigenvalue weighted by atomic mass is 9.74. The number of nitrogens with two attached hydrogens (primary N) is 1. The Kier molecular flexibility index (Phi) is 6.43. The first-order chi connectivity index (χ1) is 15.5. The molecule has 0 saturated heterocycles. The van der Waals surface area contributed by atoms with Crippen molar-refractivity contribution >= 4 is 11.5 Å². The summed E-state index contributed by atoms with van der Waals surface area (Å²) in [5.41, 5.74) is 11.8. The van der Waals surface area contributed by atoms with Crippen molar-refractivity contribution in [2.45, 2.75) is 64.6 Å². The summed E-state index contributed by atoms with van der Waals surface area (Å²) in [6.07, 6.45) is 8.92. The maximum atomic E-state index is 6.29. The highest BCUT2D eigenvalue weighted by Crippen LogP contribution is 2.47. The molecule has 0 radical (unpaired) electrons. The summed E-state index contributed by atoms with van der Waals surface area (Å²) in [4.78, 5) is 14.5. The Morgan fingerprint density at radius 3 is 2.50 bits per heavy atom. The van der Waals surface area contributed by atoms with Crippen LogP contribution in [0.3, 0.4) is 0 Å². The number of hydrogen-bond acceptors (Lipinski definition) is 5. The molecule has 1 aromatic carbocycles. The fourth-order valence-corrected chi connectivity index (χ4v) is 4.88. The molecule has 1 aromatic heterocycles. The van der Waals surface area contributed by atoms with E-state index in [0.717, 1.165) is 60.1 Å². The molecule has 166 valence electrons. The fourth-order valence-electron chi connectivity index (χ4n) is 4.88. The Hall–Kier alpha value is -2.97. The molecule has 2 N–H and O–H groups in total. The minimum atomic E-state index is -0.667. The van der Waals surface area contributed by atoms with Gasteiger partial charge in [0.2, 0.25) is 0 Å². The smallest absolute Gasteiger partial charge is 0.181 e. The molecular formula is C27H32N4O. The van der Waals surface area contributed by atoms with Crippen LogP contribution in [0.4, 0.5) is 0 Å². The van der Waals surface area contributed by atoms with Gasteiger partial charge in [0.25, 0.3) is 0 Å². The average Bonchev–Trinajstić information content (AvgIpc) is 3.13. The highest BCUT2D eigenvalue weighted by Gasteiger charge is 2.46. The highest BCUT2D eigenvalue weighted by molar-refractivity contribution is 6.41. The molecule has 0 bridgehead atoms. The van der Waals surface area contributed by atoms with Gasteiger partial charge >= 0.3 is 0 Å². The number of amidine groups is 1. The number of pyridine rings is 1. The van der Waals surface area contributed by atoms with E-state index in [1.807, 2.05) is 26.2 Å². The zero-order valence-electron chi connectivity index (χ0n) is 19.5. The molecule has 4 rings (SSSR count). The van der Waals surface area contributed by atoms with Gasteiger partial charge in [0, 0.05) is 48.5 Å². The second-order valence-corrected chi connectivity index (χ2v) is 8.78. The highest BCUT2D eigenvalue weighted by atomic mass is 16.5. The second-order valence-electron chi connectivity index (χ2n) is 8.78. The van der Waals surface area contributed by atoms with Gasteiger partial charge in [-0.05, 0) is 62.8 Å². The van der Waals surface area contributed by atoms with Crippen LogP contribution < -0.4 is 5.73 Å². The van der Waals surface area contributed by atoms with E-state index >= 15 is 0 Å². The van der Waals surface area contributed by atoms with Crippen molar-refractivity contribution in [3.63, 3.8) is 0 Å². The number of aromatic nitrogens is 1. The molecule has 0 amide bonds. The molecule has 5 heteroatoms. The first-order valence-electron chi connectivity index (χ1n) is 11.5. The van der Waals surface area contributed by atoms with E-state index in [2.05, 4.69) is 48.0 Å². The topological polar surface area (TPSA) is 72.9 Å². The Morgan fingerprint density at radius 2 is 1.84 bits per heavy atom. The third-order valence-corrected chi connectivity index (χ3v) is 6.69. The SMILES string of the molecule is CCC#Cc1cncc(-c2ccc(C)c(C3(C4CCC(OC)CC4)N=C(C)C(N)=N3)c2)c1. The van der Waals surface area contributed by atoms with E-state index in [1.54, 1.807) is 7.11 Å². The number of hydrogen-bond donors (Lipinski definition) is 1. The molecule has 5 nitrogen and oxygen atoms in total. The van der Waals surface area contributed by atoms with Gasteiger partial charge in [-0.3, -0.25) is 9.98 Å². The lowest BCUT2D eigenvalue weighted by molar-refractivity contribution is 0.0426. The minimum absolute atomic E-state index is 0.290. The molecule has 1 atom stereocenters. The first-order valence-corrected chi connectivity index (χ1v) is 11.5. The van der Waals surface area contributed by atoms with Crippen LogP contribution in [-0.2, 0) is 10.4 Å². The van der Waals surface area contributed by atoms with Crippen molar-refractivity contribution in [3.05, 3.63) is 53.3 Å². The predicted molar refractivity (Wildman–Crippen MR) is 131 cm³/mol. The van der Waals surface area contributed by atoms with E-state index in [1.165, 1.54) is 5.56 Å². The van der Waals surface area contributed by atoms with Crippen molar-refractivity contribution < 1.29 is 4.74 Å². The van der Waals surface area contributed by atoms with E-state index in [0.29, 0.717) is 17.9 Å². The van der Waals surface area contributed by atoms with Gasteiger partial charge in [-0.2, -0.15) is 0 Å². The van der Waals surface area contributed by atoms with E-state index < -0.39 is 5.66 Å². The molecule has 32 heavy (non-hydrogen) atoms. The summed E-state index contributed by atoms with van der Waals surface area (Å²) in [5, 5.41) is 0. The van der Waals surface area contributed by atoms with Gasteiger partial charge in [-0.1, -0.05) is 30.9 Å². The maximum absolute atomic E-state index is 6.29. The molecule has 1 saturated carbocycles. The summed E-state index contributed by atoms with van der Waals surface area (Å²) in [6.45, 7) is 6.14. The van der Waals surface area contributed by atoms with Crippen LogP contribution in [0.15, 0.2) is 46.6 Å². The standard InChI is InChI=1S/C27H32N4O/c1-5-6-7-20-14-22(17-29-16-20)21-9-8-18(2)25(15-21)27(30-19(3)26(28)31-27)23-10-12-24(32-4)13-11-23/h8-9,14-17,23-24H,5,10-13H2,1-4H3,(H2,28,31). The molecule has 0 spiro atoms. The average molecular weight is 429 g/mol. The lowest BCUT2D eigenvalue weighted by Crippen LogP contribution is -2.36. The predicted octanol–water partition coefficient (Wildman–Crippen LogP) is 5.01. The van der Waals surface area contributed by atoms with Crippen LogP contribution >= 0.6 is 0 Å². The third-order valence-electron chi connectivity index (χ3n) is 6.69. The van der Waals surface area contributed by atoms with Gasteiger partial charge in [0.05, 0.1) is 11.8 Å². The summed E-state index contributed by atoms with van der Waals surface area (Å²) in [7, 11) is 1.80. The molecular weight excluding hydrogens is 396 g/mol. The Balaban J connectivity index is 1.79. The Labute approximate surface area is 191 Å². The van der Waals surface area contributed by atoms with Crippen LogP contribution in [0.5, 0.6) is 0 Å². The zero-order chi connectivity index (χ0) is 22.7. The Morgan fingerprint density at radius 1 is 1.06 bits per heavy atom. The van der Waals surface area contributed by atoms with Crippen molar-refractivity contribution in [3.8, 4) is 23.0 Å². The molecule has 2 aromatic rings. The number of nitrogens with zero attached hydrogens (tertiary/aromatic N) is 3. The number of benzene rings is 1. The van der Waals surface area contributed by atoms with Gasteiger partial charge in [-0.25, -0.2) is 4.99 Å². The van der Waals surface area contributed by atoms with Gasteiger partial charge in [0.1, 0.15) is 5.84 Å². The normalized spacial score (nSPS) is 25.0. The third kappa shape index (κ3) is 4.20. The fraction of sp³-hybridized carbons (Fsp3) is 0.444. The van der Waals surface area contributed by atoms with E-state index in [9.17, 15) is 0 Å². The van der Waals surface area contributed by atoms with Crippen LogP contribution in [0, 0.1) is 24.7 Å². The zero-order valence-corrected chi connectivity index (χ0v) is 19.5. The van der Waals surface area contributed by atoms with Crippen molar-refractivity contribution in [1.29, 1.82) is 0 Å². The number of aliphatic imine (C=N–C) groups is 2.